The molecule has 5 nitrogen and oxygen atoms in total. The number of rotatable bonds is 4. The van der Waals surface area contributed by atoms with Gasteiger partial charge in [0, 0.05) is 19.1 Å². The molecule has 0 saturated carbocycles. The molecule has 2 heterocycles. The number of carbonyl (C=O) groups is 1. The van der Waals surface area contributed by atoms with Crippen LogP contribution in [-0.4, -0.2) is 39.2 Å². The predicted octanol–water partition coefficient (Wildman–Crippen LogP) is 3.86. The summed E-state index contributed by atoms with van der Waals surface area (Å²) in [4.78, 5) is 32.1. The number of hydrogen-bond acceptors (Lipinski definition) is 4. The maximum absolute atomic E-state index is 12.8. The van der Waals surface area contributed by atoms with E-state index < -0.39 is 0 Å². The van der Waals surface area contributed by atoms with E-state index in [0.29, 0.717) is 21.8 Å². The molecular weight excluding hydrogens is 346 g/mol. The fourth-order valence-electron chi connectivity index (χ4n) is 3.40. The Morgan fingerprint density at radius 1 is 1.12 bits per heavy atom. The van der Waals surface area contributed by atoms with E-state index in [1.54, 1.807) is 4.57 Å². The van der Waals surface area contributed by atoms with Crippen LogP contribution in [0.2, 0.25) is 0 Å². The summed E-state index contributed by atoms with van der Waals surface area (Å²) in [6.07, 6.45) is 5.85. The molecule has 1 aromatic carbocycles. The van der Waals surface area contributed by atoms with E-state index in [4.69, 9.17) is 0 Å². The molecule has 1 aliphatic rings. The third-order valence-electron chi connectivity index (χ3n) is 4.83. The summed E-state index contributed by atoms with van der Waals surface area (Å²) in [6, 6.07) is 7.40. The highest BCUT2D eigenvalue weighted by Gasteiger charge is 2.18. The average Bonchev–Trinajstić information content (AvgIpc) is 2.59. The third-order valence-corrected chi connectivity index (χ3v) is 5.76. The van der Waals surface area contributed by atoms with Gasteiger partial charge >= 0.3 is 0 Å². The van der Waals surface area contributed by atoms with Gasteiger partial charge in [-0.25, -0.2) is 4.98 Å². The smallest absolute Gasteiger partial charge is 0.262 e. The van der Waals surface area contributed by atoms with Gasteiger partial charge in [0.1, 0.15) is 0 Å². The van der Waals surface area contributed by atoms with Crippen LogP contribution in [-0.2, 0) is 4.79 Å². The molecule has 1 aliphatic heterocycles. The number of fused-ring (bicyclic) bond motifs is 1. The Labute approximate surface area is 158 Å². The van der Waals surface area contributed by atoms with Gasteiger partial charge in [-0.3, -0.25) is 14.2 Å². The first kappa shape index (κ1) is 19.0. The maximum Gasteiger partial charge on any atom is 0.262 e. The molecule has 1 fully saturated rings. The molecule has 1 aromatic heterocycles. The largest absolute Gasteiger partial charge is 0.342 e. The van der Waals surface area contributed by atoms with Crippen molar-refractivity contribution in [1.82, 2.24) is 14.5 Å². The van der Waals surface area contributed by atoms with E-state index in [9.17, 15) is 9.59 Å². The number of thioether (sulfide) groups is 1. The van der Waals surface area contributed by atoms with Gasteiger partial charge in [-0.1, -0.05) is 43.2 Å². The lowest BCUT2D eigenvalue weighted by Gasteiger charge is -2.25. The predicted molar refractivity (Wildman–Crippen MR) is 107 cm³/mol. The molecule has 0 unspecified atom stereocenters. The fourth-order valence-corrected chi connectivity index (χ4v) is 4.43. The summed E-state index contributed by atoms with van der Waals surface area (Å²) in [5.41, 5.74) is 0.655. The van der Waals surface area contributed by atoms with Gasteiger partial charge in [0.25, 0.3) is 5.56 Å². The van der Waals surface area contributed by atoms with Gasteiger partial charge in [0.15, 0.2) is 5.16 Å². The van der Waals surface area contributed by atoms with Crippen molar-refractivity contribution < 1.29 is 4.79 Å². The molecule has 0 radical (unpaired) electrons. The summed E-state index contributed by atoms with van der Waals surface area (Å²) in [5, 5.41) is 1.25. The van der Waals surface area contributed by atoms with Crippen molar-refractivity contribution in [2.75, 3.05) is 18.8 Å². The zero-order valence-corrected chi connectivity index (χ0v) is 16.4. The Balaban J connectivity index is 1.80. The Morgan fingerprint density at radius 3 is 2.46 bits per heavy atom. The minimum Gasteiger partial charge on any atom is -0.342 e. The zero-order valence-electron chi connectivity index (χ0n) is 15.6. The molecular formula is C20H27N3O2S. The maximum atomic E-state index is 12.8. The van der Waals surface area contributed by atoms with Gasteiger partial charge in [-0.15, -0.1) is 0 Å². The second kappa shape index (κ2) is 8.71. The Hall–Kier alpha value is -1.82. The van der Waals surface area contributed by atoms with Crippen LogP contribution in [0.4, 0.5) is 0 Å². The second-order valence-electron chi connectivity index (χ2n) is 7.12. The van der Waals surface area contributed by atoms with Crippen molar-refractivity contribution in [3.8, 4) is 0 Å². The highest BCUT2D eigenvalue weighted by molar-refractivity contribution is 7.99. The average molecular weight is 374 g/mol. The quantitative estimate of drug-likeness (QED) is 0.603. The molecule has 6 heteroatoms. The number of likely N-dealkylation sites (tertiary alicyclic amines) is 1. The van der Waals surface area contributed by atoms with Crippen molar-refractivity contribution in [3.05, 3.63) is 34.6 Å². The van der Waals surface area contributed by atoms with Crippen LogP contribution < -0.4 is 5.56 Å². The normalized spacial score (nSPS) is 15.9. The monoisotopic (exact) mass is 373 g/mol. The third kappa shape index (κ3) is 4.29. The van der Waals surface area contributed by atoms with Gasteiger partial charge in [0.05, 0.1) is 16.7 Å². The Morgan fingerprint density at radius 2 is 1.77 bits per heavy atom. The highest BCUT2D eigenvalue weighted by atomic mass is 32.2. The molecule has 140 valence electrons. The van der Waals surface area contributed by atoms with Crippen LogP contribution in [0.15, 0.2) is 34.2 Å². The molecule has 0 spiro atoms. The SMILES string of the molecule is CC(C)n1c(SCC(=O)N2CCCCCCC2)nc2ccccc2c1=O. The molecule has 0 aliphatic carbocycles. The number of para-hydroxylation sites is 1. The molecule has 3 rings (SSSR count). The van der Waals surface area contributed by atoms with E-state index in [-0.39, 0.29) is 17.5 Å². The van der Waals surface area contributed by atoms with Gasteiger partial charge in [0.2, 0.25) is 5.91 Å². The molecule has 26 heavy (non-hydrogen) atoms. The molecule has 1 saturated heterocycles. The second-order valence-corrected chi connectivity index (χ2v) is 8.06. The van der Waals surface area contributed by atoms with Gasteiger partial charge in [-0.2, -0.15) is 0 Å². The van der Waals surface area contributed by atoms with Crippen molar-refractivity contribution in [1.29, 1.82) is 0 Å². The number of benzene rings is 1. The summed E-state index contributed by atoms with van der Waals surface area (Å²) in [6.45, 7) is 5.65. The van der Waals surface area contributed by atoms with Crippen molar-refractivity contribution in [2.24, 2.45) is 0 Å². The first-order valence-electron chi connectivity index (χ1n) is 9.50. The van der Waals surface area contributed by atoms with Crippen molar-refractivity contribution in [3.63, 3.8) is 0 Å². The van der Waals surface area contributed by atoms with E-state index in [1.165, 1.54) is 31.0 Å². The summed E-state index contributed by atoms with van der Waals surface area (Å²) < 4.78 is 1.70. The Bertz CT molecular complexity index is 823. The molecule has 1 amide bonds. The highest BCUT2D eigenvalue weighted by Crippen LogP contribution is 2.22. The van der Waals surface area contributed by atoms with Crippen molar-refractivity contribution >= 4 is 28.6 Å². The summed E-state index contributed by atoms with van der Waals surface area (Å²) in [5.74, 6) is 0.479. The lowest BCUT2D eigenvalue weighted by atomic mass is 10.1. The van der Waals surface area contributed by atoms with Crippen LogP contribution in [0.1, 0.15) is 52.0 Å². The van der Waals surface area contributed by atoms with Crippen LogP contribution in [0.5, 0.6) is 0 Å². The minimum absolute atomic E-state index is 0.00101. The van der Waals surface area contributed by atoms with Crippen LogP contribution in [0.3, 0.4) is 0 Å². The summed E-state index contributed by atoms with van der Waals surface area (Å²) in [7, 11) is 0. The van der Waals surface area contributed by atoms with E-state index in [0.717, 1.165) is 25.9 Å². The van der Waals surface area contributed by atoms with Crippen LogP contribution in [0, 0.1) is 0 Å². The first-order valence-corrected chi connectivity index (χ1v) is 10.5. The van der Waals surface area contributed by atoms with E-state index in [2.05, 4.69) is 4.98 Å². The molecule has 0 atom stereocenters. The number of carbonyl (C=O) groups excluding carboxylic acids is 1. The number of amides is 1. The zero-order chi connectivity index (χ0) is 18.5. The van der Waals surface area contributed by atoms with Crippen LogP contribution >= 0.6 is 11.8 Å². The lowest BCUT2D eigenvalue weighted by molar-refractivity contribution is -0.128. The molecule has 0 bridgehead atoms. The van der Waals surface area contributed by atoms with E-state index in [1.807, 2.05) is 43.0 Å². The Kier molecular flexibility index (Phi) is 6.35. The summed E-state index contributed by atoms with van der Waals surface area (Å²) >= 11 is 1.38. The molecule has 0 N–H and O–H groups in total. The van der Waals surface area contributed by atoms with E-state index >= 15 is 0 Å². The standard InChI is InChI=1S/C20H27N3O2S/c1-15(2)23-19(25)16-10-6-7-11-17(16)21-20(23)26-14-18(24)22-12-8-4-3-5-9-13-22/h6-7,10-11,15H,3-5,8-9,12-14H2,1-2H3. The molecule has 2 aromatic rings. The number of aromatic nitrogens is 2. The van der Waals surface area contributed by atoms with Gasteiger partial charge in [-0.05, 0) is 38.8 Å². The number of hydrogen-bond donors (Lipinski definition) is 0. The first-order chi connectivity index (χ1) is 12.6. The van der Waals surface area contributed by atoms with Crippen LogP contribution in [0.25, 0.3) is 10.9 Å². The number of nitrogens with zero attached hydrogens (tertiary/aromatic N) is 3. The topological polar surface area (TPSA) is 55.2 Å². The van der Waals surface area contributed by atoms with Gasteiger partial charge < -0.3 is 4.90 Å². The van der Waals surface area contributed by atoms with Crippen molar-refractivity contribution in [2.45, 2.75) is 57.1 Å². The minimum atomic E-state index is -0.0354. The fraction of sp³-hybridized carbons (Fsp3) is 0.550. The lowest BCUT2D eigenvalue weighted by Crippen LogP contribution is -2.35.